The van der Waals surface area contributed by atoms with Gasteiger partial charge in [0, 0.05) is 11.1 Å². The summed E-state index contributed by atoms with van der Waals surface area (Å²) in [6, 6.07) is 6.60. The van der Waals surface area contributed by atoms with Crippen molar-refractivity contribution >= 4 is 34.8 Å². The number of hydrogen-bond donors (Lipinski definition) is 0. The lowest BCUT2D eigenvalue weighted by Crippen LogP contribution is -1.94. The Balaban J connectivity index is 2.57. The normalized spacial score (nSPS) is 10.3. The predicted octanol–water partition coefficient (Wildman–Crippen LogP) is 4.91. The van der Waals surface area contributed by atoms with Gasteiger partial charge in [0.2, 0.25) is 0 Å². The van der Waals surface area contributed by atoms with Crippen LogP contribution in [0.15, 0.2) is 24.4 Å². The van der Waals surface area contributed by atoms with Crippen LogP contribution >= 0.6 is 34.8 Å². The number of halogens is 4. The van der Waals surface area contributed by atoms with E-state index in [-0.39, 0.29) is 22.0 Å². The first-order valence-corrected chi connectivity index (χ1v) is 6.33. The maximum absolute atomic E-state index is 13.4. The Hall–Kier alpha value is -1.34. The van der Waals surface area contributed by atoms with Gasteiger partial charge < -0.3 is 0 Å². The zero-order valence-corrected chi connectivity index (χ0v) is 11.7. The topological polar surface area (TPSA) is 36.7 Å². The summed E-state index contributed by atoms with van der Waals surface area (Å²) in [6.07, 6.45) is 1.02. The maximum atomic E-state index is 13.4. The third-order valence-electron chi connectivity index (χ3n) is 2.52. The minimum absolute atomic E-state index is 0.0414. The number of hydrogen-bond acceptors (Lipinski definition) is 2. The molecule has 1 aromatic carbocycles. The molecule has 0 atom stereocenters. The highest BCUT2D eigenvalue weighted by Crippen LogP contribution is 2.37. The van der Waals surface area contributed by atoms with Crippen LogP contribution in [0, 0.1) is 17.1 Å². The summed E-state index contributed by atoms with van der Waals surface area (Å²) < 4.78 is 13.4. The summed E-state index contributed by atoms with van der Waals surface area (Å²) in [5.41, 5.74) is 1.24. The summed E-state index contributed by atoms with van der Waals surface area (Å²) in [7, 11) is 0. The van der Waals surface area contributed by atoms with Crippen molar-refractivity contribution in [1.29, 1.82) is 5.26 Å². The van der Waals surface area contributed by atoms with Gasteiger partial charge in [-0.05, 0) is 18.2 Å². The molecule has 2 rings (SSSR count). The molecule has 96 valence electrons. The van der Waals surface area contributed by atoms with Crippen LogP contribution in [0.1, 0.15) is 5.56 Å². The molecule has 2 nitrogen and oxygen atoms in total. The molecule has 0 aliphatic rings. The van der Waals surface area contributed by atoms with Crippen LogP contribution in [-0.2, 0) is 6.42 Å². The van der Waals surface area contributed by atoms with Crippen molar-refractivity contribution in [3.05, 3.63) is 50.8 Å². The highest BCUT2D eigenvalue weighted by atomic mass is 35.5. The minimum atomic E-state index is -0.526. The van der Waals surface area contributed by atoms with Crippen molar-refractivity contribution in [1.82, 2.24) is 4.98 Å². The zero-order chi connectivity index (χ0) is 14.0. The van der Waals surface area contributed by atoms with E-state index in [0.717, 1.165) is 6.20 Å². The molecule has 0 saturated carbocycles. The summed E-state index contributed by atoms with van der Waals surface area (Å²) in [5, 5.41) is 9.43. The monoisotopic (exact) mass is 314 g/mol. The Morgan fingerprint density at radius 3 is 2.63 bits per heavy atom. The molecule has 0 amide bonds. The first kappa shape index (κ1) is 14.1. The number of nitrogens with zero attached hydrogens (tertiary/aromatic N) is 2. The quantitative estimate of drug-likeness (QED) is 0.738. The fourth-order valence-electron chi connectivity index (χ4n) is 1.57. The van der Waals surface area contributed by atoms with E-state index < -0.39 is 5.82 Å². The zero-order valence-electron chi connectivity index (χ0n) is 9.42. The second-order valence-electron chi connectivity index (χ2n) is 3.72. The Morgan fingerprint density at radius 1 is 1.21 bits per heavy atom. The predicted molar refractivity (Wildman–Crippen MR) is 74.0 cm³/mol. The van der Waals surface area contributed by atoms with Crippen molar-refractivity contribution in [2.24, 2.45) is 0 Å². The van der Waals surface area contributed by atoms with Gasteiger partial charge >= 0.3 is 0 Å². The second-order valence-corrected chi connectivity index (χ2v) is 4.88. The average molecular weight is 316 g/mol. The van der Waals surface area contributed by atoms with Crippen LogP contribution in [-0.4, -0.2) is 4.98 Å². The second kappa shape index (κ2) is 5.75. The molecule has 6 heteroatoms. The number of aromatic nitrogens is 1. The molecule has 0 aliphatic heterocycles. The molecular weight excluding hydrogens is 310 g/mol. The minimum Gasteiger partial charge on any atom is -0.253 e. The standard InChI is InChI=1S/C13H6Cl3FN2/c14-9-2-1-8(12(15)13(9)16)11-5-7(3-4-18)10(17)6-19-11/h1-2,5-6H,3H2. The Morgan fingerprint density at radius 2 is 1.95 bits per heavy atom. The molecule has 0 unspecified atom stereocenters. The van der Waals surface area contributed by atoms with E-state index >= 15 is 0 Å². The molecule has 0 aliphatic carbocycles. The molecule has 0 spiro atoms. The van der Waals surface area contributed by atoms with E-state index in [0.29, 0.717) is 16.3 Å². The molecule has 0 fully saturated rings. The molecule has 2 aromatic rings. The van der Waals surface area contributed by atoms with Crippen molar-refractivity contribution in [3.8, 4) is 17.3 Å². The molecule has 0 bridgehead atoms. The van der Waals surface area contributed by atoms with E-state index in [1.165, 1.54) is 6.07 Å². The van der Waals surface area contributed by atoms with Gasteiger partial charge in [-0.15, -0.1) is 0 Å². The first-order valence-electron chi connectivity index (χ1n) is 5.20. The molecule has 0 N–H and O–H groups in total. The summed E-state index contributed by atoms with van der Waals surface area (Å²) >= 11 is 17.9. The lowest BCUT2D eigenvalue weighted by atomic mass is 10.1. The molecular formula is C13H6Cl3FN2. The van der Waals surface area contributed by atoms with Crippen LogP contribution in [0.25, 0.3) is 11.3 Å². The third-order valence-corrected chi connectivity index (χ3v) is 3.81. The number of pyridine rings is 1. The summed E-state index contributed by atoms with van der Waals surface area (Å²) in [5.74, 6) is -0.526. The molecule has 0 radical (unpaired) electrons. The maximum Gasteiger partial charge on any atom is 0.145 e. The summed E-state index contributed by atoms with van der Waals surface area (Å²) in [6.45, 7) is 0. The Labute approximate surface area is 124 Å². The van der Waals surface area contributed by atoms with E-state index in [9.17, 15) is 4.39 Å². The van der Waals surface area contributed by atoms with Crippen LogP contribution in [0.5, 0.6) is 0 Å². The average Bonchev–Trinajstić information content (AvgIpc) is 2.39. The number of benzene rings is 1. The van der Waals surface area contributed by atoms with Gasteiger partial charge in [-0.1, -0.05) is 34.8 Å². The van der Waals surface area contributed by atoms with Gasteiger partial charge in [0.1, 0.15) is 5.82 Å². The van der Waals surface area contributed by atoms with Gasteiger partial charge in [-0.2, -0.15) is 5.26 Å². The smallest absolute Gasteiger partial charge is 0.145 e. The molecule has 19 heavy (non-hydrogen) atoms. The van der Waals surface area contributed by atoms with Gasteiger partial charge in [0.05, 0.1) is 39.4 Å². The Bertz CT molecular complexity index is 680. The summed E-state index contributed by atoms with van der Waals surface area (Å²) in [4.78, 5) is 3.95. The lowest BCUT2D eigenvalue weighted by Gasteiger charge is -2.08. The van der Waals surface area contributed by atoms with Gasteiger partial charge in [-0.3, -0.25) is 4.98 Å². The highest BCUT2D eigenvalue weighted by Gasteiger charge is 2.13. The van der Waals surface area contributed by atoms with Crippen LogP contribution in [0.4, 0.5) is 4.39 Å². The molecule has 0 saturated heterocycles. The molecule has 1 heterocycles. The fraction of sp³-hybridized carbons (Fsp3) is 0.0769. The van der Waals surface area contributed by atoms with Crippen molar-refractivity contribution in [2.45, 2.75) is 6.42 Å². The Kier molecular flexibility index (Phi) is 4.26. The van der Waals surface area contributed by atoms with E-state index in [1.807, 2.05) is 6.07 Å². The van der Waals surface area contributed by atoms with Crippen molar-refractivity contribution < 1.29 is 4.39 Å². The van der Waals surface area contributed by atoms with Crippen LogP contribution in [0.2, 0.25) is 15.1 Å². The third kappa shape index (κ3) is 2.82. The molecule has 1 aromatic heterocycles. The van der Waals surface area contributed by atoms with E-state index in [2.05, 4.69) is 4.98 Å². The van der Waals surface area contributed by atoms with Crippen molar-refractivity contribution in [2.75, 3.05) is 0 Å². The van der Waals surface area contributed by atoms with Crippen molar-refractivity contribution in [3.63, 3.8) is 0 Å². The van der Waals surface area contributed by atoms with E-state index in [1.54, 1.807) is 12.1 Å². The van der Waals surface area contributed by atoms with Crippen LogP contribution < -0.4 is 0 Å². The first-order chi connectivity index (χ1) is 9.04. The SMILES string of the molecule is N#CCc1cc(-c2ccc(Cl)c(Cl)c2Cl)ncc1F. The number of nitriles is 1. The lowest BCUT2D eigenvalue weighted by molar-refractivity contribution is 0.609. The largest absolute Gasteiger partial charge is 0.253 e. The number of rotatable bonds is 2. The van der Waals surface area contributed by atoms with Gasteiger partial charge in [0.15, 0.2) is 0 Å². The van der Waals surface area contributed by atoms with Crippen LogP contribution in [0.3, 0.4) is 0 Å². The van der Waals surface area contributed by atoms with E-state index in [4.69, 9.17) is 40.1 Å². The van der Waals surface area contributed by atoms with Gasteiger partial charge in [0.25, 0.3) is 0 Å². The highest BCUT2D eigenvalue weighted by molar-refractivity contribution is 6.49. The fourth-order valence-corrected chi connectivity index (χ4v) is 2.20. The van der Waals surface area contributed by atoms with Gasteiger partial charge in [-0.25, -0.2) is 4.39 Å².